The Bertz CT molecular complexity index is 194. The van der Waals surface area contributed by atoms with Crippen molar-refractivity contribution < 1.29 is 9.53 Å². The first-order valence-corrected chi connectivity index (χ1v) is 5.76. The Morgan fingerprint density at radius 2 is 1.53 bits per heavy atom. The highest BCUT2D eigenvalue weighted by Crippen LogP contribution is 2.21. The first-order valence-electron chi connectivity index (χ1n) is 5.76. The largest absolute Gasteiger partial charge is 0.465 e. The Kier molecular flexibility index (Phi) is 5.33. The molecule has 2 nitrogen and oxygen atoms in total. The van der Waals surface area contributed by atoms with Crippen molar-refractivity contribution in [1.82, 2.24) is 0 Å². The molecule has 0 aliphatic heterocycles. The van der Waals surface area contributed by atoms with Crippen LogP contribution in [0.15, 0.2) is 0 Å². The lowest BCUT2D eigenvalue weighted by molar-refractivity contribution is -0.146. The number of rotatable bonds is 4. The standard InChI is InChI=1S/C13H26O2/c1-12(2,3)9-7-8-11(14)15-10-13(4,5)6/h7-10H2,1-6H3. The van der Waals surface area contributed by atoms with Gasteiger partial charge in [0, 0.05) is 6.42 Å². The minimum Gasteiger partial charge on any atom is -0.465 e. The smallest absolute Gasteiger partial charge is 0.305 e. The monoisotopic (exact) mass is 214 g/mol. The van der Waals surface area contributed by atoms with Crippen molar-refractivity contribution in [3.8, 4) is 0 Å². The van der Waals surface area contributed by atoms with E-state index in [9.17, 15) is 4.79 Å². The number of hydrogen-bond acceptors (Lipinski definition) is 2. The van der Waals surface area contributed by atoms with Gasteiger partial charge in [-0.25, -0.2) is 0 Å². The van der Waals surface area contributed by atoms with Gasteiger partial charge in [0.05, 0.1) is 6.61 Å². The zero-order valence-corrected chi connectivity index (χ0v) is 11.1. The van der Waals surface area contributed by atoms with Crippen LogP contribution in [0.25, 0.3) is 0 Å². The van der Waals surface area contributed by atoms with E-state index in [0.29, 0.717) is 18.4 Å². The molecule has 0 aromatic rings. The van der Waals surface area contributed by atoms with Crippen molar-refractivity contribution in [2.75, 3.05) is 6.61 Å². The Hall–Kier alpha value is -0.530. The minimum atomic E-state index is -0.0609. The molecular formula is C13H26O2. The minimum absolute atomic E-state index is 0.0609. The van der Waals surface area contributed by atoms with E-state index in [-0.39, 0.29) is 11.4 Å². The third kappa shape index (κ3) is 11.4. The Morgan fingerprint density at radius 3 is 1.93 bits per heavy atom. The summed E-state index contributed by atoms with van der Waals surface area (Å²) in [6.07, 6.45) is 2.54. The van der Waals surface area contributed by atoms with E-state index in [2.05, 4.69) is 41.5 Å². The number of hydrogen-bond donors (Lipinski definition) is 0. The van der Waals surface area contributed by atoms with Gasteiger partial charge in [-0.05, 0) is 23.7 Å². The first-order chi connectivity index (χ1) is 6.60. The molecule has 0 unspecified atom stereocenters. The Labute approximate surface area is 94.4 Å². The summed E-state index contributed by atoms with van der Waals surface area (Å²) in [7, 11) is 0. The van der Waals surface area contributed by atoms with Gasteiger partial charge in [-0.3, -0.25) is 4.79 Å². The summed E-state index contributed by atoms with van der Waals surface area (Å²) in [5.74, 6) is -0.0609. The number of ether oxygens (including phenoxy) is 1. The molecule has 0 fully saturated rings. The SMILES string of the molecule is CC(C)(C)CCCC(=O)OCC(C)(C)C. The molecule has 90 valence electrons. The summed E-state index contributed by atoms with van der Waals surface area (Å²) < 4.78 is 5.18. The van der Waals surface area contributed by atoms with Crippen LogP contribution in [0.2, 0.25) is 0 Å². The van der Waals surface area contributed by atoms with Crippen molar-refractivity contribution in [1.29, 1.82) is 0 Å². The topological polar surface area (TPSA) is 26.3 Å². The summed E-state index contributed by atoms with van der Waals surface area (Å²) >= 11 is 0. The van der Waals surface area contributed by atoms with Crippen molar-refractivity contribution in [2.24, 2.45) is 10.8 Å². The molecule has 0 N–H and O–H groups in total. The van der Waals surface area contributed by atoms with Gasteiger partial charge in [-0.1, -0.05) is 41.5 Å². The number of esters is 1. The fourth-order valence-corrected chi connectivity index (χ4v) is 1.13. The van der Waals surface area contributed by atoms with Gasteiger partial charge in [0.2, 0.25) is 0 Å². The van der Waals surface area contributed by atoms with Gasteiger partial charge in [0.25, 0.3) is 0 Å². The predicted molar refractivity (Wildman–Crippen MR) is 63.7 cm³/mol. The van der Waals surface area contributed by atoms with Gasteiger partial charge < -0.3 is 4.74 Å². The average Bonchev–Trinajstić information content (AvgIpc) is 1.97. The summed E-state index contributed by atoms with van der Waals surface area (Å²) in [5, 5.41) is 0. The second kappa shape index (κ2) is 5.53. The van der Waals surface area contributed by atoms with E-state index < -0.39 is 0 Å². The number of carbonyl (C=O) groups is 1. The molecule has 0 rings (SSSR count). The summed E-state index contributed by atoms with van der Waals surface area (Å²) in [5.41, 5.74) is 0.379. The van der Waals surface area contributed by atoms with E-state index in [0.717, 1.165) is 12.8 Å². The zero-order valence-electron chi connectivity index (χ0n) is 11.1. The maximum atomic E-state index is 11.4. The molecule has 0 bridgehead atoms. The van der Waals surface area contributed by atoms with Crippen molar-refractivity contribution in [2.45, 2.75) is 60.8 Å². The fraction of sp³-hybridized carbons (Fsp3) is 0.923. The third-order valence-electron chi connectivity index (χ3n) is 1.97. The molecule has 2 heteroatoms. The lowest BCUT2D eigenvalue weighted by Gasteiger charge is -2.19. The van der Waals surface area contributed by atoms with Crippen LogP contribution >= 0.6 is 0 Å². The molecule has 0 saturated heterocycles. The van der Waals surface area contributed by atoms with Crippen LogP contribution in [0.4, 0.5) is 0 Å². The van der Waals surface area contributed by atoms with Crippen LogP contribution in [-0.2, 0) is 9.53 Å². The predicted octanol–water partition coefficient (Wildman–Crippen LogP) is 3.79. The molecule has 0 aromatic carbocycles. The highest BCUT2D eigenvalue weighted by atomic mass is 16.5. The first kappa shape index (κ1) is 14.5. The van der Waals surface area contributed by atoms with Crippen LogP contribution in [0, 0.1) is 10.8 Å². The van der Waals surface area contributed by atoms with E-state index in [4.69, 9.17) is 4.74 Å². The van der Waals surface area contributed by atoms with Crippen LogP contribution in [0.5, 0.6) is 0 Å². The van der Waals surface area contributed by atoms with Gasteiger partial charge in [0.15, 0.2) is 0 Å². The van der Waals surface area contributed by atoms with E-state index in [1.807, 2.05) is 0 Å². The maximum Gasteiger partial charge on any atom is 0.305 e. The third-order valence-corrected chi connectivity index (χ3v) is 1.97. The second-order valence-corrected chi connectivity index (χ2v) is 6.64. The lowest BCUT2D eigenvalue weighted by Crippen LogP contribution is -2.18. The summed E-state index contributed by atoms with van der Waals surface area (Å²) in [6, 6.07) is 0. The molecule has 0 aliphatic carbocycles. The number of carbonyl (C=O) groups excluding carboxylic acids is 1. The molecule has 0 amide bonds. The molecular weight excluding hydrogens is 188 g/mol. The molecule has 0 spiro atoms. The van der Waals surface area contributed by atoms with Gasteiger partial charge >= 0.3 is 5.97 Å². The molecule has 0 aromatic heterocycles. The van der Waals surface area contributed by atoms with Crippen LogP contribution in [-0.4, -0.2) is 12.6 Å². The van der Waals surface area contributed by atoms with E-state index >= 15 is 0 Å². The van der Waals surface area contributed by atoms with Crippen LogP contribution in [0.1, 0.15) is 60.8 Å². The second-order valence-electron chi connectivity index (χ2n) is 6.64. The molecule has 15 heavy (non-hydrogen) atoms. The molecule has 0 radical (unpaired) electrons. The van der Waals surface area contributed by atoms with Crippen molar-refractivity contribution in [3.63, 3.8) is 0 Å². The molecule has 0 saturated carbocycles. The van der Waals surface area contributed by atoms with Gasteiger partial charge in [0.1, 0.15) is 0 Å². The quantitative estimate of drug-likeness (QED) is 0.665. The van der Waals surface area contributed by atoms with Gasteiger partial charge in [-0.2, -0.15) is 0 Å². The zero-order chi connectivity index (χ0) is 12.1. The van der Waals surface area contributed by atoms with Crippen molar-refractivity contribution in [3.05, 3.63) is 0 Å². The Balaban J connectivity index is 3.60. The summed E-state index contributed by atoms with van der Waals surface area (Å²) in [4.78, 5) is 11.4. The van der Waals surface area contributed by atoms with Crippen LogP contribution < -0.4 is 0 Å². The van der Waals surface area contributed by atoms with E-state index in [1.54, 1.807) is 0 Å². The van der Waals surface area contributed by atoms with E-state index in [1.165, 1.54) is 0 Å². The van der Waals surface area contributed by atoms with Gasteiger partial charge in [-0.15, -0.1) is 0 Å². The highest BCUT2D eigenvalue weighted by Gasteiger charge is 2.15. The normalized spacial score (nSPS) is 12.7. The van der Waals surface area contributed by atoms with Crippen LogP contribution in [0.3, 0.4) is 0 Å². The molecule has 0 atom stereocenters. The maximum absolute atomic E-state index is 11.4. The fourth-order valence-electron chi connectivity index (χ4n) is 1.13. The lowest BCUT2D eigenvalue weighted by atomic mass is 9.90. The van der Waals surface area contributed by atoms with Crippen molar-refractivity contribution >= 4 is 5.97 Å². The Morgan fingerprint density at radius 1 is 1.00 bits per heavy atom. The average molecular weight is 214 g/mol. The molecule has 0 aliphatic rings. The highest BCUT2D eigenvalue weighted by molar-refractivity contribution is 5.69. The summed E-state index contributed by atoms with van der Waals surface area (Å²) in [6.45, 7) is 13.3. The molecule has 0 heterocycles.